The molecular weight excluding hydrogens is 316 g/mol. The molecule has 1 aliphatic heterocycles. The summed E-state index contributed by atoms with van der Waals surface area (Å²) in [7, 11) is -3.76. The average molecular weight is 334 g/mol. The highest BCUT2D eigenvalue weighted by Gasteiger charge is 2.35. The molecule has 1 aromatic carbocycles. The summed E-state index contributed by atoms with van der Waals surface area (Å²) in [5, 5.41) is 0. The number of ether oxygens (including phenoxy) is 1. The lowest BCUT2D eigenvalue weighted by Crippen LogP contribution is -2.46. The standard InChI is InChI=1S/C15H18N4O3S/c1-10-3-2-4-13(5-10)23(20,21)19-9-12(7-16)22-15-14(19)6-11(17)8-18-15/h2-6,8,12H,7,9,16-17H2,1H3/t12-/m0/s1. The van der Waals surface area contributed by atoms with E-state index in [1.54, 1.807) is 24.3 Å². The predicted molar refractivity (Wildman–Crippen MR) is 87.8 cm³/mol. The number of aromatic nitrogens is 1. The highest BCUT2D eigenvalue weighted by Crippen LogP contribution is 2.36. The quantitative estimate of drug-likeness (QED) is 0.862. The van der Waals surface area contributed by atoms with E-state index in [-0.39, 0.29) is 23.9 Å². The summed E-state index contributed by atoms with van der Waals surface area (Å²) in [4.78, 5) is 4.29. The zero-order valence-corrected chi connectivity index (χ0v) is 13.5. The summed E-state index contributed by atoms with van der Waals surface area (Å²) in [6, 6.07) is 8.29. The van der Waals surface area contributed by atoms with Gasteiger partial charge in [0.15, 0.2) is 0 Å². The van der Waals surface area contributed by atoms with Crippen molar-refractivity contribution in [2.75, 3.05) is 23.1 Å². The molecule has 1 aromatic heterocycles. The Morgan fingerprint density at radius 2 is 2.17 bits per heavy atom. The van der Waals surface area contributed by atoms with Crippen LogP contribution in [0.15, 0.2) is 41.4 Å². The number of anilines is 2. The fourth-order valence-corrected chi connectivity index (χ4v) is 4.05. The van der Waals surface area contributed by atoms with Crippen LogP contribution >= 0.6 is 0 Å². The van der Waals surface area contributed by atoms with Crippen LogP contribution in [0.3, 0.4) is 0 Å². The monoisotopic (exact) mass is 334 g/mol. The second kappa shape index (κ2) is 5.71. The first-order valence-electron chi connectivity index (χ1n) is 7.13. The lowest BCUT2D eigenvalue weighted by Gasteiger charge is -2.34. The average Bonchev–Trinajstić information content (AvgIpc) is 2.53. The fraction of sp³-hybridized carbons (Fsp3) is 0.267. The SMILES string of the molecule is Cc1cccc(S(=O)(=O)N2C[C@H](CN)Oc3ncc(N)cc32)c1. The van der Waals surface area contributed by atoms with Crippen LogP contribution in [0.2, 0.25) is 0 Å². The number of hydrogen-bond donors (Lipinski definition) is 2. The number of nitrogen functional groups attached to an aromatic ring is 1. The normalized spacial score (nSPS) is 17.5. The lowest BCUT2D eigenvalue weighted by atomic mass is 10.2. The number of nitrogens with zero attached hydrogens (tertiary/aromatic N) is 2. The second-order valence-corrected chi connectivity index (χ2v) is 7.28. The van der Waals surface area contributed by atoms with E-state index in [0.29, 0.717) is 11.4 Å². The fourth-order valence-electron chi connectivity index (χ4n) is 2.46. The lowest BCUT2D eigenvalue weighted by molar-refractivity contribution is 0.199. The van der Waals surface area contributed by atoms with Crippen molar-refractivity contribution in [2.24, 2.45) is 5.73 Å². The van der Waals surface area contributed by atoms with Gasteiger partial charge >= 0.3 is 0 Å². The largest absolute Gasteiger partial charge is 0.470 e. The predicted octanol–water partition coefficient (Wildman–Crippen LogP) is 0.887. The van der Waals surface area contributed by atoms with Crippen molar-refractivity contribution in [1.29, 1.82) is 0 Å². The summed E-state index contributed by atoms with van der Waals surface area (Å²) >= 11 is 0. The minimum absolute atomic E-state index is 0.116. The number of sulfonamides is 1. The van der Waals surface area contributed by atoms with Gasteiger partial charge in [-0.05, 0) is 30.7 Å². The van der Waals surface area contributed by atoms with Crippen LogP contribution in [0.4, 0.5) is 11.4 Å². The summed E-state index contributed by atoms with van der Waals surface area (Å²) in [6.45, 7) is 2.14. The van der Waals surface area contributed by atoms with Crippen LogP contribution in [-0.2, 0) is 10.0 Å². The minimum atomic E-state index is -3.76. The molecular formula is C15H18N4O3S. The first-order chi connectivity index (χ1) is 10.9. The van der Waals surface area contributed by atoms with Gasteiger partial charge in [0.25, 0.3) is 10.0 Å². The molecule has 4 N–H and O–H groups in total. The molecule has 2 aromatic rings. The van der Waals surface area contributed by atoms with E-state index in [2.05, 4.69) is 4.98 Å². The number of aryl methyl sites for hydroxylation is 1. The van der Waals surface area contributed by atoms with Crippen molar-refractivity contribution >= 4 is 21.4 Å². The molecule has 0 amide bonds. The van der Waals surface area contributed by atoms with E-state index in [9.17, 15) is 8.42 Å². The number of hydrogen-bond acceptors (Lipinski definition) is 6. The molecule has 0 saturated heterocycles. The first kappa shape index (κ1) is 15.6. The third-order valence-electron chi connectivity index (χ3n) is 3.61. The molecule has 0 spiro atoms. The Morgan fingerprint density at radius 1 is 1.39 bits per heavy atom. The minimum Gasteiger partial charge on any atom is -0.470 e. The first-order valence-corrected chi connectivity index (χ1v) is 8.57. The van der Waals surface area contributed by atoms with Crippen molar-refractivity contribution in [2.45, 2.75) is 17.9 Å². The van der Waals surface area contributed by atoms with E-state index in [4.69, 9.17) is 16.2 Å². The molecule has 0 saturated carbocycles. The maximum atomic E-state index is 13.0. The Kier molecular flexibility index (Phi) is 3.87. The van der Waals surface area contributed by atoms with Gasteiger partial charge in [-0.1, -0.05) is 12.1 Å². The highest BCUT2D eigenvalue weighted by molar-refractivity contribution is 7.92. The number of rotatable bonds is 3. The molecule has 2 heterocycles. The van der Waals surface area contributed by atoms with Crippen LogP contribution < -0.4 is 20.5 Å². The molecule has 0 radical (unpaired) electrons. The highest BCUT2D eigenvalue weighted by atomic mass is 32.2. The van der Waals surface area contributed by atoms with Gasteiger partial charge in [0.05, 0.1) is 23.3 Å². The van der Waals surface area contributed by atoms with Crippen LogP contribution in [0.5, 0.6) is 5.88 Å². The smallest absolute Gasteiger partial charge is 0.264 e. The van der Waals surface area contributed by atoms with E-state index in [1.807, 2.05) is 13.0 Å². The van der Waals surface area contributed by atoms with Crippen molar-refractivity contribution < 1.29 is 13.2 Å². The van der Waals surface area contributed by atoms with Gasteiger partial charge in [-0.25, -0.2) is 13.4 Å². The second-order valence-electron chi connectivity index (χ2n) is 5.42. The van der Waals surface area contributed by atoms with Crippen LogP contribution in [0.25, 0.3) is 0 Å². The Balaban J connectivity index is 2.13. The van der Waals surface area contributed by atoms with Crippen LogP contribution in [0.1, 0.15) is 5.56 Å². The molecule has 0 bridgehead atoms. The molecule has 1 atom stereocenters. The van der Waals surface area contributed by atoms with Gasteiger partial charge in [-0.15, -0.1) is 0 Å². The maximum absolute atomic E-state index is 13.0. The van der Waals surface area contributed by atoms with Crippen molar-refractivity contribution in [3.63, 3.8) is 0 Å². The number of benzene rings is 1. The van der Waals surface area contributed by atoms with E-state index in [0.717, 1.165) is 5.56 Å². The zero-order valence-electron chi connectivity index (χ0n) is 12.6. The van der Waals surface area contributed by atoms with Crippen molar-refractivity contribution in [1.82, 2.24) is 4.98 Å². The van der Waals surface area contributed by atoms with Gasteiger partial charge in [-0.2, -0.15) is 0 Å². The van der Waals surface area contributed by atoms with Gasteiger partial charge in [0.1, 0.15) is 11.8 Å². The molecule has 7 nitrogen and oxygen atoms in total. The molecule has 23 heavy (non-hydrogen) atoms. The maximum Gasteiger partial charge on any atom is 0.264 e. The number of pyridine rings is 1. The Labute approximate surface area is 134 Å². The topological polar surface area (TPSA) is 112 Å². The van der Waals surface area contributed by atoms with Crippen LogP contribution in [-0.4, -0.2) is 32.6 Å². The summed E-state index contributed by atoms with van der Waals surface area (Å²) < 4.78 is 33.0. The molecule has 0 aliphatic carbocycles. The Morgan fingerprint density at radius 3 is 2.87 bits per heavy atom. The van der Waals surface area contributed by atoms with E-state index >= 15 is 0 Å². The van der Waals surface area contributed by atoms with E-state index < -0.39 is 16.1 Å². The van der Waals surface area contributed by atoms with Crippen molar-refractivity contribution in [3.05, 3.63) is 42.1 Å². The third kappa shape index (κ3) is 2.82. The summed E-state index contributed by atoms with van der Waals surface area (Å²) in [5.41, 5.74) is 13.0. The number of nitrogens with two attached hydrogens (primary N) is 2. The third-order valence-corrected chi connectivity index (χ3v) is 5.39. The van der Waals surface area contributed by atoms with Gasteiger partial charge in [-0.3, -0.25) is 4.31 Å². The molecule has 122 valence electrons. The molecule has 8 heteroatoms. The van der Waals surface area contributed by atoms with Gasteiger partial charge in [0, 0.05) is 6.54 Å². The van der Waals surface area contributed by atoms with E-state index in [1.165, 1.54) is 10.5 Å². The molecule has 0 fully saturated rings. The molecule has 0 unspecified atom stereocenters. The summed E-state index contributed by atoms with van der Waals surface area (Å²) in [6.07, 6.45) is 0.966. The summed E-state index contributed by atoms with van der Waals surface area (Å²) in [5.74, 6) is 0.220. The zero-order chi connectivity index (χ0) is 16.6. The Hall–Kier alpha value is -2.32. The van der Waals surface area contributed by atoms with Crippen molar-refractivity contribution in [3.8, 4) is 5.88 Å². The van der Waals surface area contributed by atoms with Crippen LogP contribution in [0, 0.1) is 6.92 Å². The van der Waals surface area contributed by atoms with Gasteiger partial charge < -0.3 is 16.2 Å². The number of fused-ring (bicyclic) bond motifs is 1. The Bertz CT molecular complexity index is 838. The molecule has 3 rings (SSSR count). The molecule has 1 aliphatic rings. The van der Waals surface area contributed by atoms with Gasteiger partial charge in [0.2, 0.25) is 5.88 Å².